The molecule has 2 aromatic carbocycles. The average Bonchev–Trinajstić information content (AvgIpc) is 3.32. The van der Waals surface area contributed by atoms with Crippen LogP contribution in [0.25, 0.3) is 17.1 Å². The molecular weight excluding hydrogens is 449 g/mol. The van der Waals surface area contributed by atoms with E-state index in [1.54, 1.807) is 24.5 Å². The van der Waals surface area contributed by atoms with Gasteiger partial charge in [0.15, 0.2) is 11.0 Å². The molecule has 1 atom stereocenters. The number of benzene rings is 2. The van der Waals surface area contributed by atoms with Crippen molar-refractivity contribution in [3.63, 3.8) is 0 Å². The number of carbonyl (C=O) groups is 1. The first-order valence-electron chi connectivity index (χ1n) is 11.3. The van der Waals surface area contributed by atoms with Gasteiger partial charge < -0.3 is 4.90 Å². The molecule has 0 spiro atoms. The van der Waals surface area contributed by atoms with Crippen molar-refractivity contribution < 1.29 is 9.18 Å². The van der Waals surface area contributed by atoms with Gasteiger partial charge in [-0.2, -0.15) is 0 Å². The first kappa shape index (κ1) is 22.3. The maximum atomic E-state index is 13.7. The van der Waals surface area contributed by atoms with E-state index in [4.69, 9.17) is 0 Å². The van der Waals surface area contributed by atoms with Crippen LogP contribution in [0.3, 0.4) is 0 Å². The molecule has 172 valence electrons. The van der Waals surface area contributed by atoms with Crippen molar-refractivity contribution in [3.8, 4) is 17.1 Å². The van der Waals surface area contributed by atoms with E-state index in [9.17, 15) is 9.18 Å². The van der Waals surface area contributed by atoms with Gasteiger partial charge >= 0.3 is 0 Å². The van der Waals surface area contributed by atoms with Gasteiger partial charge in [0, 0.05) is 36.7 Å². The molecule has 0 saturated carbocycles. The number of hydrogen-bond donors (Lipinski definition) is 0. The first-order valence-corrected chi connectivity index (χ1v) is 12.2. The number of rotatable bonds is 6. The third-order valence-corrected chi connectivity index (χ3v) is 7.06. The summed E-state index contributed by atoms with van der Waals surface area (Å²) in [7, 11) is 0. The number of piperidine rings is 1. The maximum Gasteiger partial charge on any atom is 0.240 e. The largest absolute Gasteiger partial charge is 0.341 e. The minimum atomic E-state index is -0.465. The monoisotopic (exact) mass is 473 g/mol. The second-order valence-corrected chi connectivity index (χ2v) is 9.22. The second-order valence-electron chi connectivity index (χ2n) is 8.15. The fourth-order valence-electron chi connectivity index (χ4n) is 4.13. The summed E-state index contributed by atoms with van der Waals surface area (Å²) >= 11 is 1.37. The van der Waals surface area contributed by atoms with Crippen molar-refractivity contribution in [1.29, 1.82) is 0 Å². The molecular formula is C26H24FN5OS. The molecule has 0 radical (unpaired) electrons. The molecule has 3 heterocycles. The van der Waals surface area contributed by atoms with E-state index in [-0.39, 0.29) is 11.7 Å². The fourth-order valence-corrected chi connectivity index (χ4v) is 5.27. The Hall–Kier alpha value is -3.52. The van der Waals surface area contributed by atoms with E-state index in [1.165, 1.54) is 23.9 Å². The zero-order valence-electron chi connectivity index (χ0n) is 18.5. The summed E-state index contributed by atoms with van der Waals surface area (Å²) < 4.78 is 15.6. The van der Waals surface area contributed by atoms with Crippen LogP contribution in [0.4, 0.5) is 4.39 Å². The van der Waals surface area contributed by atoms with Crippen molar-refractivity contribution in [2.24, 2.45) is 0 Å². The highest BCUT2D eigenvalue weighted by molar-refractivity contribution is 8.00. The molecule has 5 rings (SSSR count). The Morgan fingerprint density at radius 3 is 2.29 bits per heavy atom. The third-order valence-electron chi connectivity index (χ3n) is 5.87. The Balaban J connectivity index is 1.57. The average molecular weight is 474 g/mol. The van der Waals surface area contributed by atoms with E-state index >= 15 is 0 Å². The highest BCUT2D eigenvalue weighted by Crippen LogP contribution is 2.39. The predicted octanol–water partition coefficient (Wildman–Crippen LogP) is 5.31. The highest BCUT2D eigenvalue weighted by atomic mass is 32.2. The van der Waals surface area contributed by atoms with Crippen LogP contribution in [0, 0.1) is 5.82 Å². The van der Waals surface area contributed by atoms with Gasteiger partial charge in [0.25, 0.3) is 0 Å². The van der Waals surface area contributed by atoms with Gasteiger partial charge in [-0.25, -0.2) is 4.39 Å². The van der Waals surface area contributed by atoms with Crippen LogP contribution in [-0.4, -0.2) is 43.6 Å². The number of carbonyl (C=O) groups excluding carboxylic acids is 1. The summed E-state index contributed by atoms with van der Waals surface area (Å²) in [5.41, 5.74) is 2.47. The normalized spacial score (nSPS) is 14.7. The van der Waals surface area contributed by atoms with Crippen molar-refractivity contribution in [2.45, 2.75) is 29.7 Å². The quantitative estimate of drug-likeness (QED) is 0.355. The van der Waals surface area contributed by atoms with Crippen LogP contribution < -0.4 is 0 Å². The van der Waals surface area contributed by atoms with E-state index < -0.39 is 5.25 Å². The highest BCUT2D eigenvalue weighted by Gasteiger charge is 2.30. The molecule has 8 heteroatoms. The number of pyridine rings is 1. The zero-order chi connectivity index (χ0) is 23.3. The summed E-state index contributed by atoms with van der Waals surface area (Å²) in [4.78, 5) is 19.7. The van der Waals surface area contributed by atoms with E-state index in [0.717, 1.165) is 49.2 Å². The minimum absolute atomic E-state index is 0.0787. The second kappa shape index (κ2) is 10.2. The van der Waals surface area contributed by atoms with Crippen LogP contribution in [-0.2, 0) is 4.79 Å². The predicted molar refractivity (Wildman–Crippen MR) is 130 cm³/mol. The lowest BCUT2D eigenvalue weighted by atomic mass is 10.1. The van der Waals surface area contributed by atoms with E-state index in [2.05, 4.69) is 15.2 Å². The van der Waals surface area contributed by atoms with Gasteiger partial charge in [0.1, 0.15) is 11.1 Å². The van der Waals surface area contributed by atoms with E-state index in [0.29, 0.717) is 11.0 Å². The smallest absolute Gasteiger partial charge is 0.240 e. The van der Waals surface area contributed by atoms with Crippen LogP contribution >= 0.6 is 11.8 Å². The molecule has 0 N–H and O–H groups in total. The SMILES string of the molecule is O=C([C@@H](Sc1nnc(-c2ccncc2)n1-c1ccc(F)cc1)c1ccccc1)N1CCCCC1. The molecule has 0 unspecified atom stereocenters. The maximum absolute atomic E-state index is 13.7. The zero-order valence-corrected chi connectivity index (χ0v) is 19.4. The van der Waals surface area contributed by atoms with Gasteiger partial charge in [0.05, 0.1) is 0 Å². The van der Waals surface area contributed by atoms with Gasteiger partial charge in [-0.05, 0) is 61.2 Å². The van der Waals surface area contributed by atoms with E-state index in [1.807, 2.05) is 51.9 Å². The molecule has 1 aliphatic rings. The summed E-state index contributed by atoms with van der Waals surface area (Å²) in [5.74, 6) is 0.364. The minimum Gasteiger partial charge on any atom is -0.341 e. The summed E-state index contributed by atoms with van der Waals surface area (Å²) in [5, 5.41) is 9.03. The van der Waals surface area contributed by atoms with Gasteiger partial charge in [-0.15, -0.1) is 10.2 Å². The van der Waals surface area contributed by atoms with Crippen LogP contribution in [0.5, 0.6) is 0 Å². The third kappa shape index (κ3) is 4.72. The standard InChI is InChI=1S/C26H24FN5OS/c27-21-9-11-22(12-10-21)32-24(20-13-15-28-16-14-20)29-30-26(32)34-23(19-7-3-1-4-8-19)25(33)31-17-5-2-6-18-31/h1,3-4,7-16,23H,2,5-6,17-18H2/t23-/m0/s1. The van der Waals surface area contributed by atoms with Gasteiger partial charge in [-0.1, -0.05) is 42.1 Å². The molecule has 4 aromatic rings. The number of thioether (sulfide) groups is 1. The van der Waals surface area contributed by atoms with Crippen LogP contribution in [0.1, 0.15) is 30.1 Å². The Kier molecular flexibility index (Phi) is 6.67. The lowest BCUT2D eigenvalue weighted by Crippen LogP contribution is -2.38. The van der Waals surface area contributed by atoms with Crippen molar-refractivity contribution >= 4 is 17.7 Å². The first-order chi connectivity index (χ1) is 16.7. The summed E-state index contributed by atoms with van der Waals surface area (Å²) in [6, 6.07) is 19.7. The van der Waals surface area contributed by atoms with Crippen molar-refractivity contribution in [1.82, 2.24) is 24.6 Å². The number of hydrogen-bond acceptors (Lipinski definition) is 5. The van der Waals surface area contributed by atoms with Crippen LogP contribution in [0.2, 0.25) is 0 Å². The topological polar surface area (TPSA) is 63.9 Å². The van der Waals surface area contributed by atoms with Crippen molar-refractivity contribution in [3.05, 3.63) is 90.5 Å². The molecule has 0 aliphatic carbocycles. The fraction of sp³-hybridized carbons (Fsp3) is 0.231. The lowest BCUT2D eigenvalue weighted by molar-refractivity contribution is -0.131. The molecule has 34 heavy (non-hydrogen) atoms. The lowest BCUT2D eigenvalue weighted by Gasteiger charge is -2.30. The molecule has 1 fully saturated rings. The Morgan fingerprint density at radius 2 is 1.59 bits per heavy atom. The number of nitrogens with zero attached hydrogens (tertiary/aromatic N) is 5. The van der Waals surface area contributed by atoms with Gasteiger partial charge in [-0.3, -0.25) is 14.3 Å². The number of halogens is 1. The number of amides is 1. The summed E-state index contributed by atoms with van der Waals surface area (Å²) in [6.45, 7) is 1.55. The number of aromatic nitrogens is 4. The Labute approximate surface area is 201 Å². The number of likely N-dealkylation sites (tertiary alicyclic amines) is 1. The Morgan fingerprint density at radius 1 is 0.882 bits per heavy atom. The van der Waals surface area contributed by atoms with Crippen LogP contribution in [0.15, 0.2) is 84.3 Å². The molecule has 6 nitrogen and oxygen atoms in total. The molecule has 1 aliphatic heterocycles. The summed E-state index contributed by atoms with van der Waals surface area (Å²) in [6.07, 6.45) is 6.59. The Bertz CT molecular complexity index is 1240. The molecule has 2 aromatic heterocycles. The van der Waals surface area contributed by atoms with Crippen molar-refractivity contribution in [2.75, 3.05) is 13.1 Å². The molecule has 0 bridgehead atoms. The van der Waals surface area contributed by atoms with Gasteiger partial charge in [0.2, 0.25) is 5.91 Å². The molecule has 1 saturated heterocycles. The molecule has 1 amide bonds.